The second-order valence-electron chi connectivity index (χ2n) is 9.49. The lowest BCUT2D eigenvalue weighted by Crippen LogP contribution is -2.47. The third-order valence-corrected chi connectivity index (χ3v) is 7.21. The highest BCUT2D eigenvalue weighted by molar-refractivity contribution is 6.30. The summed E-state index contributed by atoms with van der Waals surface area (Å²) in [5, 5.41) is 4.91. The summed E-state index contributed by atoms with van der Waals surface area (Å²) in [6.07, 6.45) is 6.53. The maximum absolute atomic E-state index is 15.0. The molecule has 2 fully saturated rings. The molecule has 3 aromatic heterocycles. The van der Waals surface area contributed by atoms with Gasteiger partial charge in [-0.05, 0) is 51.9 Å². The predicted molar refractivity (Wildman–Crippen MR) is 133 cm³/mol. The van der Waals surface area contributed by atoms with E-state index in [-0.39, 0.29) is 6.04 Å². The zero-order valence-electron chi connectivity index (χ0n) is 19.9. The maximum atomic E-state index is 15.0. The maximum Gasteiger partial charge on any atom is 0.228 e. The first kappa shape index (κ1) is 22.3. The van der Waals surface area contributed by atoms with Gasteiger partial charge in [0.2, 0.25) is 5.95 Å². The molecule has 8 nitrogen and oxygen atoms in total. The smallest absolute Gasteiger partial charge is 0.228 e. The summed E-state index contributed by atoms with van der Waals surface area (Å²) < 4.78 is 17.1. The van der Waals surface area contributed by atoms with Crippen molar-refractivity contribution in [2.24, 2.45) is 0 Å². The van der Waals surface area contributed by atoms with Crippen molar-refractivity contribution in [3.05, 3.63) is 58.4 Å². The van der Waals surface area contributed by atoms with Crippen LogP contribution in [0, 0.1) is 19.7 Å². The van der Waals surface area contributed by atoms with Crippen molar-refractivity contribution >= 4 is 28.7 Å². The van der Waals surface area contributed by atoms with Crippen LogP contribution < -0.4 is 4.90 Å². The van der Waals surface area contributed by atoms with E-state index in [2.05, 4.69) is 42.8 Å². The molecule has 4 aromatic rings. The molecular formula is C25H26ClFN8. The first-order chi connectivity index (χ1) is 16.9. The van der Waals surface area contributed by atoms with Crippen LogP contribution in [0.25, 0.3) is 22.4 Å². The van der Waals surface area contributed by atoms with Crippen molar-refractivity contribution in [2.75, 3.05) is 31.6 Å². The molecule has 1 aliphatic carbocycles. The molecule has 180 valence electrons. The van der Waals surface area contributed by atoms with E-state index in [4.69, 9.17) is 21.6 Å². The summed E-state index contributed by atoms with van der Waals surface area (Å²) in [7, 11) is 2.13. The standard InChI is InChI=1S/C25H26ClFN8/c1-14-15(2)30-24-23(29-14)22(19-7-4-17(26)10-20(19)27)31-25(32-24)34-9-8-33(3)21(13-34)16-11-28-35(12-16)18-5-6-18/h4,7,10-12,18,21H,5-6,8-9,13H2,1-3H3/t21-/m0/s1. The van der Waals surface area contributed by atoms with Gasteiger partial charge in [-0.3, -0.25) is 9.58 Å². The number of nitrogens with zero attached hydrogens (tertiary/aromatic N) is 8. The molecule has 2 aliphatic rings. The van der Waals surface area contributed by atoms with Gasteiger partial charge in [0, 0.05) is 42.0 Å². The van der Waals surface area contributed by atoms with E-state index in [0.717, 1.165) is 24.5 Å². The van der Waals surface area contributed by atoms with Crippen molar-refractivity contribution < 1.29 is 4.39 Å². The molecule has 35 heavy (non-hydrogen) atoms. The molecule has 1 saturated carbocycles. The van der Waals surface area contributed by atoms with Crippen molar-refractivity contribution in [3.63, 3.8) is 0 Å². The number of likely N-dealkylation sites (N-methyl/N-ethyl adjacent to an activating group) is 1. The minimum Gasteiger partial charge on any atom is -0.338 e. The Morgan fingerprint density at radius 1 is 1.03 bits per heavy atom. The summed E-state index contributed by atoms with van der Waals surface area (Å²) >= 11 is 6.01. The Balaban J connectivity index is 1.42. The van der Waals surface area contributed by atoms with E-state index < -0.39 is 5.82 Å². The molecule has 0 radical (unpaired) electrons. The van der Waals surface area contributed by atoms with Crippen LogP contribution in [0.15, 0.2) is 30.6 Å². The lowest BCUT2D eigenvalue weighted by Gasteiger charge is -2.39. The molecule has 0 unspecified atom stereocenters. The molecule has 0 N–H and O–H groups in total. The fourth-order valence-corrected chi connectivity index (χ4v) is 4.75. The monoisotopic (exact) mass is 492 g/mol. The Bertz CT molecular complexity index is 1430. The second kappa shape index (κ2) is 8.49. The topological polar surface area (TPSA) is 75.9 Å². The fourth-order valence-electron chi connectivity index (χ4n) is 4.59. The molecule has 1 aliphatic heterocycles. The van der Waals surface area contributed by atoms with Gasteiger partial charge in [0.15, 0.2) is 5.65 Å². The van der Waals surface area contributed by atoms with Gasteiger partial charge in [0.25, 0.3) is 0 Å². The van der Waals surface area contributed by atoms with Crippen LogP contribution in [0.1, 0.15) is 41.9 Å². The molecular weight excluding hydrogens is 467 g/mol. The number of rotatable bonds is 4. The number of fused-ring (bicyclic) bond motifs is 1. The van der Waals surface area contributed by atoms with E-state index in [1.807, 2.05) is 20.0 Å². The van der Waals surface area contributed by atoms with E-state index in [1.165, 1.54) is 24.5 Å². The van der Waals surface area contributed by atoms with Crippen molar-refractivity contribution in [3.8, 4) is 11.3 Å². The Kier molecular flexibility index (Phi) is 5.41. The molecule has 1 saturated heterocycles. The lowest BCUT2D eigenvalue weighted by molar-refractivity contribution is 0.220. The third-order valence-electron chi connectivity index (χ3n) is 6.97. The van der Waals surface area contributed by atoms with Crippen LogP contribution in [-0.2, 0) is 0 Å². The van der Waals surface area contributed by atoms with Gasteiger partial charge in [0.1, 0.15) is 17.0 Å². The molecule has 0 amide bonds. The molecule has 4 heterocycles. The summed E-state index contributed by atoms with van der Waals surface area (Å²) in [6, 6.07) is 5.28. The molecule has 10 heteroatoms. The molecule has 6 rings (SSSR count). The minimum atomic E-state index is -0.452. The van der Waals surface area contributed by atoms with Gasteiger partial charge in [-0.25, -0.2) is 19.3 Å². The molecule has 0 bridgehead atoms. The normalized spacial score (nSPS) is 19.0. The fraction of sp³-hybridized carbons (Fsp3) is 0.400. The van der Waals surface area contributed by atoms with Crippen molar-refractivity contribution in [2.45, 2.75) is 38.8 Å². The predicted octanol–water partition coefficient (Wildman–Crippen LogP) is 4.52. The highest BCUT2D eigenvalue weighted by Gasteiger charge is 2.31. The largest absolute Gasteiger partial charge is 0.338 e. The first-order valence-electron chi connectivity index (χ1n) is 11.8. The zero-order chi connectivity index (χ0) is 24.3. The number of hydrogen-bond donors (Lipinski definition) is 0. The Hall–Kier alpha value is -3.17. The number of aryl methyl sites for hydroxylation is 2. The Morgan fingerprint density at radius 3 is 2.60 bits per heavy atom. The van der Waals surface area contributed by atoms with Crippen molar-refractivity contribution in [1.82, 2.24) is 34.6 Å². The van der Waals surface area contributed by atoms with E-state index in [9.17, 15) is 0 Å². The summed E-state index contributed by atoms with van der Waals surface area (Å²) in [6.45, 7) is 6.05. The first-order valence-corrected chi connectivity index (χ1v) is 12.2. The number of benzene rings is 1. The second-order valence-corrected chi connectivity index (χ2v) is 9.93. The number of halogens is 2. The Morgan fingerprint density at radius 2 is 1.83 bits per heavy atom. The summed E-state index contributed by atoms with van der Waals surface area (Å²) in [5.74, 6) is 0.0688. The average Bonchev–Trinajstić information content (AvgIpc) is 3.57. The number of anilines is 1. The van der Waals surface area contributed by atoms with Crippen molar-refractivity contribution in [1.29, 1.82) is 0 Å². The van der Waals surface area contributed by atoms with Crippen LogP contribution in [0.5, 0.6) is 0 Å². The SMILES string of the molecule is Cc1nc2nc(N3CCN(C)[C@H](c4cnn(C5CC5)c4)C3)nc(-c3ccc(Cl)cc3F)c2nc1C. The summed E-state index contributed by atoms with van der Waals surface area (Å²) in [5.41, 5.74) is 4.42. The van der Waals surface area contributed by atoms with Crippen LogP contribution in [0.3, 0.4) is 0 Å². The number of aromatic nitrogens is 6. The molecule has 1 atom stereocenters. The van der Waals surface area contributed by atoms with E-state index in [1.54, 1.807) is 12.1 Å². The van der Waals surface area contributed by atoms with Gasteiger partial charge in [-0.1, -0.05) is 11.6 Å². The Labute approximate surface area is 207 Å². The lowest BCUT2D eigenvalue weighted by atomic mass is 10.1. The number of hydrogen-bond acceptors (Lipinski definition) is 7. The average molecular weight is 493 g/mol. The van der Waals surface area contributed by atoms with Gasteiger partial charge in [0.05, 0.1) is 29.7 Å². The third kappa shape index (κ3) is 4.12. The van der Waals surface area contributed by atoms with Crippen LogP contribution in [0.2, 0.25) is 5.02 Å². The van der Waals surface area contributed by atoms with E-state index in [0.29, 0.717) is 46.0 Å². The molecule has 1 aromatic carbocycles. The van der Waals surface area contributed by atoms with Gasteiger partial charge in [-0.15, -0.1) is 0 Å². The zero-order valence-corrected chi connectivity index (χ0v) is 20.7. The van der Waals surface area contributed by atoms with Gasteiger partial charge in [-0.2, -0.15) is 10.1 Å². The quantitative estimate of drug-likeness (QED) is 0.414. The van der Waals surface area contributed by atoms with Crippen LogP contribution in [0.4, 0.5) is 10.3 Å². The minimum absolute atomic E-state index is 0.150. The van der Waals surface area contributed by atoms with Gasteiger partial charge < -0.3 is 4.90 Å². The molecule has 0 spiro atoms. The van der Waals surface area contributed by atoms with E-state index >= 15 is 4.39 Å². The highest BCUT2D eigenvalue weighted by Crippen LogP contribution is 2.36. The van der Waals surface area contributed by atoms with Gasteiger partial charge >= 0.3 is 0 Å². The van der Waals surface area contributed by atoms with Crippen LogP contribution >= 0.6 is 11.6 Å². The van der Waals surface area contributed by atoms with Crippen LogP contribution in [-0.4, -0.2) is 61.3 Å². The summed E-state index contributed by atoms with van der Waals surface area (Å²) in [4.78, 5) is 23.5. The highest BCUT2D eigenvalue weighted by atomic mass is 35.5. The number of piperazine rings is 1.